The maximum atomic E-state index is 13.0. The van der Waals surface area contributed by atoms with Gasteiger partial charge in [-0.15, -0.1) is 0 Å². The van der Waals surface area contributed by atoms with Gasteiger partial charge in [0.15, 0.2) is 0 Å². The fraction of sp³-hybridized carbons (Fsp3) is 0.190. The Labute approximate surface area is 154 Å². The molecule has 1 amide bonds. The van der Waals surface area contributed by atoms with E-state index in [0.29, 0.717) is 0 Å². The van der Waals surface area contributed by atoms with Crippen molar-refractivity contribution in [2.75, 3.05) is 6.54 Å². The van der Waals surface area contributed by atoms with Crippen LogP contribution in [0.2, 0.25) is 0 Å². The summed E-state index contributed by atoms with van der Waals surface area (Å²) in [6, 6.07) is 17.8. The SMILES string of the molecule is O=C(NCCC(O)c1cccc2ccccc12)c1ccccc1C(F)(F)F. The molecular weight excluding hydrogens is 355 g/mol. The molecule has 0 bridgehead atoms. The zero-order valence-electron chi connectivity index (χ0n) is 14.3. The quantitative estimate of drug-likeness (QED) is 0.680. The van der Waals surface area contributed by atoms with Crippen LogP contribution in [-0.4, -0.2) is 17.6 Å². The molecule has 140 valence electrons. The first-order valence-electron chi connectivity index (χ1n) is 8.48. The van der Waals surface area contributed by atoms with Crippen LogP contribution in [0.3, 0.4) is 0 Å². The third-order valence-corrected chi connectivity index (χ3v) is 4.36. The molecule has 0 fully saturated rings. The molecular formula is C21H18F3NO2. The molecule has 2 N–H and O–H groups in total. The molecule has 0 saturated heterocycles. The van der Waals surface area contributed by atoms with Gasteiger partial charge in [0.2, 0.25) is 0 Å². The Morgan fingerprint density at radius 1 is 0.963 bits per heavy atom. The molecule has 0 spiro atoms. The Hall–Kier alpha value is -2.86. The number of aliphatic hydroxyl groups is 1. The van der Waals surface area contributed by atoms with E-state index in [0.717, 1.165) is 28.5 Å². The highest BCUT2D eigenvalue weighted by atomic mass is 19.4. The minimum absolute atomic E-state index is 0.0510. The fourth-order valence-corrected chi connectivity index (χ4v) is 3.04. The number of fused-ring (bicyclic) bond motifs is 1. The molecule has 3 rings (SSSR count). The van der Waals surface area contributed by atoms with Crippen molar-refractivity contribution in [3.05, 3.63) is 83.4 Å². The van der Waals surface area contributed by atoms with Gasteiger partial charge in [-0.3, -0.25) is 4.79 Å². The van der Waals surface area contributed by atoms with Crippen molar-refractivity contribution >= 4 is 16.7 Å². The Morgan fingerprint density at radius 2 is 1.63 bits per heavy atom. The highest BCUT2D eigenvalue weighted by molar-refractivity contribution is 5.95. The van der Waals surface area contributed by atoms with E-state index in [2.05, 4.69) is 5.32 Å². The Morgan fingerprint density at radius 3 is 2.41 bits per heavy atom. The van der Waals surface area contributed by atoms with Crippen molar-refractivity contribution in [3.63, 3.8) is 0 Å². The predicted octanol–water partition coefficient (Wildman–Crippen LogP) is 4.71. The summed E-state index contributed by atoms with van der Waals surface area (Å²) in [4.78, 5) is 12.1. The molecule has 0 radical (unpaired) electrons. The minimum Gasteiger partial charge on any atom is -0.388 e. The fourth-order valence-electron chi connectivity index (χ4n) is 3.04. The third kappa shape index (κ3) is 4.28. The van der Waals surface area contributed by atoms with Gasteiger partial charge in [0.25, 0.3) is 5.91 Å². The second kappa shape index (κ2) is 7.80. The standard InChI is InChI=1S/C21H18F3NO2/c22-21(23,24)18-11-4-3-9-17(18)20(27)25-13-12-19(26)16-10-5-7-14-6-1-2-8-15(14)16/h1-11,19,26H,12-13H2,(H,25,27). The molecule has 3 aromatic rings. The summed E-state index contributed by atoms with van der Waals surface area (Å²) in [7, 11) is 0. The molecule has 0 aliphatic carbocycles. The number of rotatable bonds is 5. The third-order valence-electron chi connectivity index (χ3n) is 4.36. The summed E-state index contributed by atoms with van der Waals surface area (Å²) in [5, 5.41) is 14.8. The lowest BCUT2D eigenvalue weighted by Crippen LogP contribution is -2.28. The van der Waals surface area contributed by atoms with Gasteiger partial charge in [-0.2, -0.15) is 13.2 Å². The number of benzene rings is 3. The topological polar surface area (TPSA) is 49.3 Å². The monoisotopic (exact) mass is 373 g/mol. The molecule has 3 aromatic carbocycles. The van der Waals surface area contributed by atoms with Gasteiger partial charge in [0.05, 0.1) is 17.2 Å². The van der Waals surface area contributed by atoms with Gasteiger partial charge in [-0.1, -0.05) is 54.6 Å². The summed E-state index contributed by atoms with van der Waals surface area (Å²) >= 11 is 0. The van der Waals surface area contributed by atoms with E-state index in [4.69, 9.17) is 0 Å². The van der Waals surface area contributed by atoms with Crippen LogP contribution in [0.5, 0.6) is 0 Å². The smallest absolute Gasteiger partial charge is 0.388 e. The van der Waals surface area contributed by atoms with Crippen LogP contribution in [0.25, 0.3) is 10.8 Å². The van der Waals surface area contributed by atoms with Crippen LogP contribution in [0, 0.1) is 0 Å². The first kappa shape index (κ1) is 18.9. The number of alkyl halides is 3. The average Bonchev–Trinajstić information content (AvgIpc) is 2.66. The lowest BCUT2D eigenvalue weighted by molar-refractivity contribution is -0.137. The molecule has 0 heterocycles. The lowest BCUT2D eigenvalue weighted by Gasteiger charge is -2.15. The van der Waals surface area contributed by atoms with Crippen LogP contribution in [0.15, 0.2) is 66.7 Å². The number of hydrogen-bond acceptors (Lipinski definition) is 2. The number of hydrogen-bond donors (Lipinski definition) is 2. The Bertz CT molecular complexity index is 948. The first-order valence-corrected chi connectivity index (χ1v) is 8.48. The van der Waals surface area contributed by atoms with Crippen molar-refractivity contribution in [2.45, 2.75) is 18.7 Å². The van der Waals surface area contributed by atoms with E-state index in [1.807, 2.05) is 36.4 Å². The summed E-state index contributed by atoms with van der Waals surface area (Å²) in [6.07, 6.45) is -5.25. The minimum atomic E-state index is -4.60. The molecule has 0 aromatic heterocycles. The van der Waals surface area contributed by atoms with Gasteiger partial charge in [0, 0.05) is 6.54 Å². The number of nitrogens with one attached hydrogen (secondary N) is 1. The van der Waals surface area contributed by atoms with Gasteiger partial charge in [0.1, 0.15) is 0 Å². The van der Waals surface area contributed by atoms with Crippen molar-refractivity contribution < 1.29 is 23.1 Å². The van der Waals surface area contributed by atoms with Crippen LogP contribution in [0.1, 0.15) is 34.0 Å². The van der Waals surface area contributed by atoms with Crippen molar-refractivity contribution in [3.8, 4) is 0 Å². The van der Waals surface area contributed by atoms with E-state index in [1.54, 1.807) is 6.07 Å². The van der Waals surface area contributed by atoms with Crippen LogP contribution in [0.4, 0.5) is 13.2 Å². The summed E-state index contributed by atoms with van der Waals surface area (Å²) < 4.78 is 39.0. The predicted molar refractivity (Wildman–Crippen MR) is 97.3 cm³/mol. The van der Waals surface area contributed by atoms with E-state index in [9.17, 15) is 23.1 Å². The molecule has 27 heavy (non-hydrogen) atoms. The maximum Gasteiger partial charge on any atom is 0.417 e. The van der Waals surface area contributed by atoms with Crippen LogP contribution < -0.4 is 5.32 Å². The van der Waals surface area contributed by atoms with Gasteiger partial charge < -0.3 is 10.4 Å². The van der Waals surface area contributed by atoms with E-state index >= 15 is 0 Å². The largest absolute Gasteiger partial charge is 0.417 e. The molecule has 6 heteroatoms. The van der Waals surface area contributed by atoms with Gasteiger partial charge >= 0.3 is 6.18 Å². The number of aliphatic hydroxyl groups excluding tert-OH is 1. The second-order valence-corrected chi connectivity index (χ2v) is 6.17. The van der Waals surface area contributed by atoms with E-state index < -0.39 is 29.3 Å². The number of amides is 1. The van der Waals surface area contributed by atoms with Gasteiger partial charge in [-0.05, 0) is 34.9 Å². The zero-order chi connectivity index (χ0) is 19.4. The lowest BCUT2D eigenvalue weighted by atomic mass is 9.98. The van der Waals surface area contributed by atoms with Crippen LogP contribution in [-0.2, 0) is 6.18 Å². The Kier molecular flexibility index (Phi) is 5.46. The average molecular weight is 373 g/mol. The highest BCUT2D eigenvalue weighted by Crippen LogP contribution is 2.32. The second-order valence-electron chi connectivity index (χ2n) is 6.17. The maximum absolute atomic E-state index is 13.0. The van der Waals surface area contributed by atoms with E-state index in [-0.39, 0.29) is 13.0 Å². The zero-order valence-corrected chi connectivity index (χ0v) is 14.3. The number of carbonyl (C=O) groups excluding carboxylic acids is 1. The highest BCUT2D eigenvalue weighted by Gasteiger charge is 2.34. The van der Waals surface area contributed by atoms with Crippen molar-refractivity contribution in [2.24, 2.45) is 0 Å². The summed E-state index contributed by atoms with van der Waals surface area (Å²) in [5.74, 6) is -0.812. The summed E-state index contributed by atoms with van der Waals surface area (Å²) in [5.41, 5.74) is -0.681. The van der Waals surface area contributed by atoms with Gasteiger partial charge in [-0.25, -0.2) is 0 Å². The van der Waals surface area contributed by atoms with Crippen molar-refractivity contribution in [1.82, 2.24) is 5.32 Å². The number of carbonyl (C=O) groups is 1. The molecule has 3 nitrogen and oxygen atoms in total. The van der Waals surface area contributed by atoms with E-state index in [1.165, 1.54) is 12.1 Å². The normalized spacial score (nSPS) is 12.7. The molecule has 0 saturated carbocycles. The summed E-state index contributed by atoms with van der Waals surface area (Å²) in [6.45, 7) is 0.0510. The molecule has 0 aliphatic rings. The molecule has 1 unspecified atom stereocenters. The molecule has 1 atom stereocenters. The van der Waals surface area contributed by atoms with Crippen LogP contribution >= 0.6 is 0 Å². The molecule has 0 aliphatic heterocycles. The van der Waals surface area contributed by atoms with Crippen molar-refractivity contribution in [1.29, 1.82) is 0 Å². The Balaban J connectivity index is 1.67. The number of halogens is 3. The first-order chi connectivity index (χ1) is 12.9.